The molecule has 0 spiro atoms. The number of benzene rings is 3. The van der Waals surface area contributed by atoms with Gasteiger partial charge >= 0.3 is 0 Å². The lowest BCUT2D eigenvalue weighted by atomic mass is 10.2. The molecule has 2 heterocycles. The Hall–Kier alpha value is -4.32. The molecule has 6 nitrogen and oxygen atoms in total. The average molecular weight is 452 g/mol. The fourth-order valence-corrected chi connectivity index (χ4v) is 4.06. The molecule has 1 fully saturated rings. The van der Waals surface area contributed by atoms with Crippen LogP contribution in [0.15, 0.2) is 95.4 Å². The normalized spacial score (nSPS) is 14.0. The second-order valence-electron chi connectivity index (χ2n) is 8.21. The summed E-state index contributed by atoms with van der Waals surface area (Å²) < 4.78 is 5.64. The van der Waals surface area contributed by atoms with E-state index in [1.54, 1.807) is 12.1 Å². The summed E-state index contributed by atoms with van der Waals surface area (Å²) in [4.78, 5) is 29.2. The average Bonchev–Trinajstić information content (AvgIpc) is 3.33. The van der Waals surface area contributed by atoms with Gasteiger partial charge in [0.1, 0.15) is 5.58 Å². The van der Waals surface area contributed by atoms with Crippen molar-refractivity contribution in [3.05, 3.63) is 102 Å². The van der Waals surface area contributed by atoms with Crippen LogP contribution in [0.3, 0.4) is 0 Å². The Bertz CT molecular complexity index is 1290. The van der Waals surface area contributed by atoms with Crippen LogP contribution < -0.4 is 10.2 Å². The number of hydrogen-bond donors (Lipinski definition) is 1. The Labute approximate surface area is 198 Å². The molecule has 0 atom stereocenters. The van der Waals surface area contributed by atoms with Crippen LogP contribution in [0.5, 0.6) is 0 Å². The van der Waals surface area contributed by atoms with Gasteiger partial charge < -0.3 is 19.5 Å². The van der Waals surface area contributed by atoms with Crippen molar-refractivity contribution < 1.29 is 14.0 Å². The van der Waals surface area contributed by atoms with Crippen molar-refractivity contribution in [3.63, 3.8) is 0 Å². The molecule has 170 valence electrons. The standard InChI is InChI=1S/C28H25N3O3/c32-27(15-10-21-6-2-1-3-7-21)31-18-16-30(17-19-31)24-13-11-23(12-14-24)29-28(33)26-20-22-8-4-5-9-25(22)34-26/h1-15,20H,16-19H2,(H,29,33)/b15-10-. The van der Waals surface area contributed by atoms with Crippen LogP contribution in [-0.4, -0.2) is 42.9 Å². The summed E-state index contributed by atoms with van der Waals surface area (Å²) in [7, 11) is 0. The third kappa shape index (κ3) is 4.86. The van der Waals surface area contributed by atoms with Crippen LogP contribution in [-0.2, 0) is 4.79 Å². The predicted molar refractivity (Wildman–Crippen MR) is 135 cm³/mol. The fourth-order valence-electron chi connectivity index (χ4n) is 4.06. The number of piperazine rings is 1. The molecule has 1 N–H and O–H groups in total. The Kier molecular flexibility index (Phi) is 6.12. The lowest BCUT2D eigenvalue weighted by Gasteiger charge is -2.35. The van der Waals surface area contributed by atoms with Gasteiger partial charge in [0.15, 0.2) is 5.76 Å². The number of anilines is 2. The van der Waals surface area contributed by atoms with E-state index in [0.29, 0.717) is 24.4 Å². The Morgan fingerprint density at radius 1 is 0.824 bits per heavy atom. The fraction of sp³-hybridized carbons (Fsp3) is 0.143. The highest BCUT2D eigenvalue weighted by Gasteiger charge is 2.20. The zero-order chi connectivity index (χ0) is 23.3. The van der Waals surface area contributed by atoms with Gasteiger partial charge in [0.05, 0.1) is 0 Å². The first-order valence-electron chi connectivity index (χ1n) is 11.3. The smallest absolute Gasteiger partial charge is 0.291 e. The summed E-state index contributed by atoms with van der Waals surface area (Å²) in [5.74, 6) is 0.0409. The van der Waals surface area contributed by atoms with E-state index < -0.39 is 0 Å². The maximum atomic E-state index is 12.6. The van der Waals surface area contributed by atoms with Crippen molar-refractivity contribution in [1.82, 2.24) is 4.90 Å². The monoisotopic (exact) mass is 451 g/mol. The minimum atomic E-state index is -0.278. The van der Waals surface area contributed by atoms with Gasteiger partial charge in [-0.3, -0.25) is 9.59 Å². The summed E-state index contributed by atoms with van der Waals surface area (Å²) in [6.07, 6.45) is 3.50. The molecule has 1 aliphatic heterocycles. The molecular formula is C28H25N3O3. The van der Waals surface area contributed by atoms with E-state index in [1.807, 2.05) is 89.8 Å². The van der Waals surface area contributed by atoms with Crippen LogP contribution in [0.25, 0.3) is 17.0 Å². The minimum absolute atomic E-state index is 0.0344. The van der Waals surface area contributed by atoms with Crippen molar-refractivity contribution in [1.29, 1.82) is 0 Å². The Morgan fingerprint density at radius 2 is 1.53 bits per heavy atom. The maximum Gasteiger partial charge on any atom is 0.291 e. The Balaban J connectivity index is 1.15. The van der Waals surface area contributed by atoms with Crippen molar-refractivity contribution in [3.8, 4) is 0 Å². The van der Waals surface area contributed by atoms with E-state index in [1.165, 1.54) is 0 Å². The molecule has 6 heteroatoms. The summed E-state index contributed by atoms with van der Waals surface area (Å²) >= 11 is 0. The molecular weight excluding hydrogens is 426 g/mol. The first kappa shape index (κ1) is 21.5. The number of hydrogen-bond acceptors (Lipinski definition) is 4. The molecule has 0 radical (unpaired) electrons. The summed E-state index contributed by atoms with van der Waals surface area (Å²) in [5.41, 5.74) is 3.47. The molecule has 0 unspecified atom stereocenters. The SMILES string of the molecule is O=C(Nc1ccc(N2CCN(C(=O)/C=C\c3ccccc3)CC2)cc1)c1cc2ccccc2o1. The predicted octanol–water partition coefficient (Wildman–Crippen LogP) is 5.05. The van der Waals surface area contributed by atoms with Crippen molar-refractivity contribution in [2.75, 3.05) is 36.4 Å². The van der Waals surface area contributed by atoms with Crippen LogP contribution >= 0.6 is 0 Å². The lowest BCUT2D eigenvalue weighted by Crippen LogP contribution is -2.48. The molecule has 1 aromatic heterocycles. The molecule has 1 saturated heterocycles. The first-order chi connectivity index (χ1) is 16.7. The topological polar surface area (TPSA) is 65.8 Å². The number of carbonyl (C=O) groups excluding carboxylic acids is 2. The van der Waals surface area contributed by atoms with Gasteiger partial charge in [0.2, 0.25) is 5.91 Å². The molecule has 0 bridgehead atoms. The van der Waals surface area contributed by atoms with E-state index in [2.05, 4.69) is 10.2 Å². The molecule has 4 aromatic rings. The van der Waals surface area contributed by atoms with Gasteiger partial charge in [-0.15, -0.1) is 0 Å². The summed E-state index contributed by atoms with van der Waals surface area (Å²) in [5, 5.41) is 3.79. The number of nitrogens with zero attached hydrogens (tertiary/aromatic N) is 2. The van der Waals surface area contributed by atoms with Gasteiger partial charge in [-0.05, 0) is 48.0 Å². The Morgan fingerprint density at radius 3 is 2.26 bits per heavy atom. The van der Waals surface area contributed by atoms with Gasteiger partial charge in [0, 0.05) is 49.0 Å². The number of rotatable bonds is 5. The summed E-state index contributed by atoms with van der Waals surface area (Å²) in [6.45, 7) is 2.86. The third-order valence-electron chi connectivity index (χ3n) is 5.95. The minimum Gasteiger partial charge on any atom is -0.451 e. The van der Waals surface area contributed by atoms with Crippen molar-refractivity contribution in [2.24, 2.45) is 0 Å². The molecule has 0 saturated carbocycles. The number of fused-ring (bicyclic) bond motifs is 1. The van der Waals surface area contributed by atoms with E-state index in [4.69, 9.17) is 4.42 Å². The molecule has 2 amide bonds. The van der Waals surface area contributed by atoms with Gasteiger partial charge in [-0.1, -0.05) is 48.5 Å². The molecule has 3 aromatic carbocycles. The van der Waals surface area contributed by atoms with Crippen LogP contribution in [0.2, 0.25) is 0 Å². The van der Waals surface area contributed by atoms with Crippen molar-refractivity contribution in [2.45, 2.75) is 0 Å². The molecule has 5 rings (SSSR count). The van der Waals surface area contributed by atoms with Gasteiger partial charge in [-0.2, -0.15) is 0 Å². The number of carbonyl (C=O) groups is 2. The largest absolute Gasteiger partial charge is 0.451 e. The molecule has 34 heavy (non-hydrogen) atoms. The van der Waals surface area contributed by atoms with E-state index >= 15 is 0 Å². The molecule has 1 aliphatic rings. The van der Waals surface area contributed by atoms with Crippen LogP contribution in [0.1, 0.15) is 16.1 Å². The van der Waals surface area contributed by atoms with E-state index in [0.717, 1.165) is 29.7 Å². The van der Waals surface area contributed by atoms with Crippen molar-refractivity contribution >= 4 is 40.2 Å². The van der Waals surface area contributed by atoms with E-state index in [-0.39, 0.29) is 17.6 Å². The maximum absolute atomic E-state index is 12.6. The first-order valence-corrected chi connectivity index (χ1v) is 11.3. The van der Waals surface area contributed by atoms with Gasteiger partial charge in [0.25, 0.3) is 5.91 Å². The molecule has 0 aliphatic carbocycles. The van der Waals surface area contributed by atoms with Crippen LogP contribution in [0, 0.1) is 0 Å². The zero-order valence-electron chi connectivity index (χ0n) is 18.7. The third-order valence-corrected chi connectivity index (χ3v) is 5.95. The van der Waals surface area contributed by atoms with E-state index in [9.17, 15) is 9.59 Å². The highest BCUT2D eigenvalue weighted by atomic mass is 16.3. The zero-order valence-corrected chi connectivity index (χ0v) is 18.7. The quantitative estimate of drug-likeness (QED) is 0.432. The highest BCUT2D eigenvalue weighted by Crippen LogP contribution is 2.22. The summed E-state index contributed by atoms with van der Waals surface area (Å²) in [6, 6.07) is 26.9. The number of para-hydroxylation sites is 1. The van der Waals surface area contributed by atoms with Gasteiger partial charge in [-0.25, -0.2) is 0 Å². The second kappa shape index (κ2) is 9.67. The number of furan rings is 1. The number of amides is 2. The lowest BCUT2D eigenvalue weighted by molar-refractivity contribution is -0.126. The van der Waals surface area contributed by atoms with Crippen LogP contribution in [0.4, 0.5) is 11.4 Å². The highest BCUT2D eigenvalue weighted by molar-refractivity contribution is 6.04. The number of nitrogens with one attached hydrogen (secondary N) is 1. The second-order valence-corrected chi connectivity index (χ2v) is 8.21.